The number of methoxy groups -OCH3 is 2. The van der Waals surface area contributed by atoms with Gasteiger partial charge in [-0.25, -0.2) is 4.58 Å². The molecule has 2 N–H and O–H groups in total. The maximum Gasteiger partial charge on any atom is 0.303 e. The van der Waals surface area contributed by atoms with E-state index in [1.54, 1.807) is 26.4 Å². The van der Waals surface area contributed by atoms with Gasteiger partial charge < -0.3 is 23.9 Å². The molecular formula is C39H47N2O8S+. The molecule has 2 aromatic rings. The van der Waals surface area contributed by atoms with E-state index in [0.29, 0.717) is 50.8 Å². The summed E-state index contributed by atoms with van der Waals surface area (Å²) in [6.45, 7) is 9.18. The van der Waals surface area contributed by atoms with E-state index in [1.807, 2.05) is 38.1 Å². The average Bonchev–Trinajstić information content (AvgIpc) is 3.29. The zero-order valence-corrected chi connectivity index (χ0v) is 30.3. The lowest BCUT2D eigenvalue weighted by Crippen LogP contribution is -2.35. The summed E-state index contributed by atoms with van der Waals surface area (Å²) in [5.41, 5.74) is 5.86. The highest BCUT2D eigenvalue weighted by Crippen LogP contribution is 2.50. The number of aliphatic carboxylic acids is 1. The van der Waals surface area contributed by atoms with Gasteiger partial charge >= 0.3 is 5.97 Å². The fraction of sp³-hybridized carbons (Fsp3) is 0.385. The predicted molar refractivity (Wildman–Crippen MR) is 195 cm³/mol. The molecule has 0 saturated heterocycles. The minimum atomic E-state index is -4.42. The highest BCUT2D eigenvalue weighted by molar-refractivity contribution is 7.85. The van der Waals surface area contributed by atoms with E-state index in [0.717, 1.165) is 57.4 Å². The summed E-state index contributed by atoms with van der Waals surface area (Å²) in [7, 11) is -1.05. The highest BCUT2D eigenvalue weighted by Gasteiger charge is 2.41. The first kappa shape index (κ1) is 37.0. The van der Waals surface area contributed by atoms with Gasteiger partial charge in [-0.15, -0.1) is 0 Å². The lowest BCUT2D eigenvalue weighted by Gasteiger charge is -2.28. The van der Waals surface area contributed by atoms with Crippen molar-refractivity contribution in [3.8, 4) is 22.5 Å². The number of unbranched alkanes of at least 4 members (excludes halogenated alkanes) is 2. The molecule has 266 valence electrons. The van der Waals surface area contributed by atoms with Crippen LogP contribution in [0, 0.1) is 6.92 Å². The number of fused-ring (bicyclic) bond motifs is 2. The molecule has 3 aliphatic rings. The molecular weight excluding hydrogens is 657 g/mol. The molecule has 2 heterocycles. The first-order chi connectivity index (χ1) is 23.9. The Hall–Kier alpha value is -4.29. The molecule has 50 heavy (non-hydrogen) atoms. The Balaban J connectivity index is 1.72. The predicted octanol–water partition coefficient (Wildman–Crippen LogP) is 6.46. The zero-order valence-electron chi connectivity index (χ0n) is 29.4. The quantitative estimate of drug-likeness (QED) is 0.0815. The van der Waals surface area contributed by atoms with E-state index >= 15 is 0 Å². The summed E-state index contributed by atoms with van der Waals surface area (Å²) < 4.78 is 54.0. The van der Waals surface area contributed by atoms with Crippen molar-refractivity contribution in [3.63, 3.8) is 0 Å². The smallest absolute Gasteiger partial charge is 0.303 e. The monoisotopic (exact) mass is 703 g/mol. The number of anilines is 1. The lowest BCUT2D eigenvalue weighted by molar-refractivity contribution is -0.137. The number of carboxylic acids is 1. The molecule has 5 rings (SSSR count). The number of rotatable bonds is 15. The van der Waals surface area contributed by atoms with Gasteiger partial charge in [-0.05, 0) is 60.7 Å². The van der Waals surface area contributed by atoms with Crippen LogP contribution in [0.5, 0.6) is 0 Å². The van der Waals surface area contributed by atoms with Crippen LogP contribution in [0.25, 0.3) is 28.5 Å². The van der Waals surface area contributed by atoms with Gasteiger partial charge in [0.1, 0.15) is 24.7 Å². The first-order valence-electron chi connectivity index (χ1n) is 16.9. The lowest BCUT2D eigenvalue weighted by atomic mass is 9.83. The molecule has 0 aromatic heterocycles. The van der Waals surface area contributed by atoms with Gasteiger partial charge in [0.05, 0.1) is 11.0 Å². The van der Waals surface area contributed by atoms with Crippen molar-refractivity contribution >= 4 is 27.9 Å². The van der Waals surface area contributed by atoms with Crippen LogP contribution in [0.3, 0.4) is 0 Å². The normalized spacial score (nSPS) is 14.8. The second-order valence-electron chi connectivity index (χ2n) is 13.2. The van der Waals surface area contributed by atoms with E-state index < -0.39 is 21.5 Å². The number of ether oxygens (including phenoxy) is 2. The fourth-order valence-electron chi connectivity index (χ4n) is 6.77. The van der Waals surface area contributed by atoms with Crippen molar-refractivity contribution in [2.24, 2.45) is 0 Å². The number of nitrogens with zero attached hydrogens (tertiary/aromatic N) is 2. The van der Waals surface area contributed by atoms with E-state index in [2.05, 4.69) is 46.7 Å². The summed E-state index contributed by atoms with van der Waals surface area (Å²) in [6, 6.07) is 21.2. The summed E-state index contributed by atoms with van der Waals surface area (Å²) >= 11 is 0. The van der Waals surface area contributed by atoms with Gasteiger partial charge in [-0.2, -0.15) is 8.42 Å². The number of hydrogen-bond acceptors (Lipinski definition) is 7. The Bertz CT molecular complexity index is 2010. The number of allylic oxidation sites excluding steroid dienone is 1. The molecule has 0 fully saturated rings. The fourth-order valence-corrected chi connectivity index (χ4v) is 7.28. The third kappa shape index (κ3) is 8.02. The number of carboxylic acid groups (broad SMARTS) is 1. The van der Waals surface area contributed by atoms with Crippen molar-refractivity contribution < 1.29 is 36.8 Å². The van der Waals surface area contributed by atoms with Crippen molar-refractivity contribution in [1.29, 1.82) is 0 Å². The molecule has 0 saturated carbocycles. The standard InChI is InChI=1S/C39H46N2O8S/c1-27-34(26-36-39(2,3)32-25-30(50(44,45)46)16-18-33(32)41(36)19-11-7-10-14-37(42)43)49-35-24-29(40(20-22-47-4)21-23-48-5)15-17-31(35)38(27)28-12-8-6-9-13-28/h6,8-9,12-13,15-18,24-26H,7,10-11,14,19-23H2,1-5H3,(H-,42,43,44,45,46)/p+1. The SMILES string of the molecule is COCC[N+](CCOC)=c1ccc2c(-c3ccccc3)c(C)c(/C=C3/N(CCCCCC(=O)O)c4ccc(S(=O)(=O)O)cc4C3(C)C)oc-2c1. The minimum absolute atomic E-state index is 0.107. The number of carbonyl (C=O) groups is 1. The molecule has 0 spiro atoms. The Kier molecular flexibility index (Phi) is 11.6. The van der Waals surface area contributed by atoms with Gasteiger partial charge in [0.25, 0.3) is 10.1 Å². The van der Waals surface area contributed by atoms with Crippen LogP contribution in [0.1, 0.15) is 56.4 Å². The zero-order chi connectivity index (χ0) is 36.1. The molecule has 0 atom stereocenters. The molecule has 0 unspecified atom stereocenters. The first-order valence-corrected chi connectivity index (χ1v) is 18.3. The topological polar surface area (TPSA) is 130 Å². The average molecular weight is 704 g/mol. The van der Waals surface area contributed by atoms with Crippen molar-refractivity contribution in [3.05, 3.63) is 94.7 Å². The van der Waals surface area contributed by atoms with Crippen LogP contribution in [0.2, 0.25) is 0 Å². The molecule has 11 heteroatoms. The van der Waals surface area contributed by atoms with E-state index in [4.69, 9.17) is 19.0 Å². The van der Waals surface area contributed by atoms with E-state index in [9.17, 15) is 17.8 Å². The summed E-state index contributed by atoms with van der Waals surface area (Å²) in [4.78, 5) is 13.1. The van der Waals surface area contributed by atoms with Gasteiger partial charge in [0.2, 0.25) is 5.36 Å². The second-order valence-corrected chi connectivity index (χ2v) is 14.6. The highest BCUT2D eigenvalue weighted by atomic mass is 32.2. The largest absolute Gasteiger partial charge is 0.481 e. The third-order valence-corrected chi connectivity index (χ3v) is 10.3. The molecule has 10 nitrogen and oxygen atoms in total. The van der Waals surface area contributed by atoms with Gasteiger partial charge in [0.15, 0.2) is 13.1 Å². The van der Waals surface area contributed by atoms with Crippen LogP contribution in [-0.2, 0) is 29.8 Å². The Morgan fingerprint density at radius 3 is 2.30 bits per heavy atom. The Morgan fingerprint density at radius 1 is 0.960 bits per heavy atom. The van der Waals surface area contributed by atoms with Gasteiger partial charge in [-0.3, -0.25) is 9.35 Å². The summed E-state index contributed by atoms with van der Waals surface area (Å²) in [5.74, 6) is 0.554. The Morgan fingerprint density at radius 2 is 1.66 bits per heavy atom. The number of benzene rings is 3. The van der Waals surface area contributed by atoms with Crippen LogP contribution >= 0.6 is 0 Å². The molecule has 2 aromatic carbocycles. The summed E-state index contributed by atoms with van der Waals surface area (Å²) in [6.07, 6.45) is 4.17. The maximum absolute atomic E-state index is 12.2. The van der Waals surface area contributed by atoms with E-state index in [-0.39, 0.29) is 11.3 Å². The number of hydrogen-bond donors (Lipinski definition) is 2. The maximum atomic E-state index is 12.2. The van der Waals surface area contributed by atoms with Crippen LogP contribution in [0.4, 0.5) is 5.69 Å². The van der Waals surface area contributed by atoms with Crippen molar-refractivity contribution in [2.75, 3.05) is 52.0 Å². The minimum Gasteiger partial charge on any atom is -0.481 e. The summed E-state index contributed by atoms with van der Waals surface area (Å²) in [5, 5.41) is 10.1. The molecule has 0 radical (unpaired) electrons. The second kappa shape index (κ2) is 15.7. The van der Waals surface area contributed by atoms with Crippen LogP contribution in [0.15, 0.2) is 81.7 Å². The molecule has 0 bridgehead atoms. The molecule has 0 amide bonds. The third-order valence-electron chi connectivity index (χ3n) is 9.46. The molecule has 2 aliphatic heterocycles. The van der Waals surface area contributed by atoms with Crippen molar-refractivity contribution in [1.82, 2.24) is 4.58 Å². The van der Waals surface area contributed by atoms with E-state index in [1.165, 1.54) is 6.07 Å². The van der Waals surface area contributed by atoms with Crippen LogP contribution in [-0.4, -0.2) is 71.1 Å². The van der Waals surface area contributed by atoms with Gasteiger partial charge in [0, 0.05) is 67.3 Å². The van der Waals surface area contributed by atoms with Crippen LogP contribution < -0.4 is 14.8 Å². The Labute approximate surface area is 294 Å². The molecule has 1 aliphatic carbocycles. The van der Waals surface area contributed by atoms with Gasteiger partial charge in [-0.1, -0.05) is 50.6 Å². The van der Waals surface area contributed by atoms with Crippen molar-refractivity contribution in [2.45, 2.75) is 56.8 Å².